The predicted octanol–water partition coefficient (Wildman–Crippen LogP) is 4.11. The molecule has 2 unspecified atom stereocenters. The fraction of sp³-hybridized carbons (Fsp3) is 0.486. The highest BCUT2D eigenvalue weighted by atomic mass is 35.5. The average Bonchev–Trinajstić information content (AvgIpc) is 3.77. The number of halogens is 1. The molecule has 0 spiro atoms. The number of nitrogen functional groups attached to an aromatic ring is 1. The number of carbonyl (C=O) groups excluding carboxylic acids is 3. The van der Waals surface area contributed by atoms with Crippen LogP contribution in [0.3, 0.4) is 0 Å². The quantitative estimate of drug-likeness (QED) is 0.367. The minimum Gasteiger partial charge on any atom is -0.497 e. The third-order valence-electron chi connectivity index (χ3n) is 10.1. The summed E-state index contributed by atoms with van der Waals surface area (Å²) >= 11 is 6.48. The van der Waals surface area contributed by atoms with Gasteiger partial charge < -0.3 is 30.1 Å². The smallest absolute Gasteiger partial charge is 0.259 e. The fourth-order valence-electron chi connectivity index (χ4n) is 7.29. The average molecular weight is 662 g/mol. The summed E-state index contributed by atoms with van der Waals surface area (Å²) in [5.41, 5.74) is 9.38. The van der Waals surface area contributed by atoms with Gasteiger partial charge in [-0.2, -0.15) is 5.10 Å². The van der Waals surface area contributed by atoms with Crippen LogP contribution in [0.1, 0.15) is 42.1 Å². The Hall–Kier alpha value is -4.09. The van der Waals surface area contributed by atoms with Gasteiger partial charge in [0.2, 0.25) is 11.8 Å². The molecule has 0 aliphatic carbocycles. The largest absolute Gasteiger partial charge is 0.497 e. The van der Waals surface area contributed by atoms with E-state index in [-0.39, 0.29) is 23.6 Å². The van der Waals surface area contributed by atoms with Crippen molar-refractivity contribution in [3.05, 3.63) is 64.8 Å². The van der Waals surface area contributed by atoms with Crippen molar-refractivity contribution in [1.29, 1.82) is 0 Å². The fourth-order valence-corrected chi connectivity index (χ4v) is 7.47. The molecule has 3 aliphatic rings. The molecule has 12 heteroatoms. The number of carbonyl (C=O) groups is 3. The van der Waals surface area contributed by atoms with Crippen LogP contribution >= 0.6 is 11.6 Å². The number of ether oxygens (including phenoxy) is 1. The Balaban J connectivity index is 1.03. The zero-order valence-corrected chi connectivity index (χ0v) is 28.2. The van der Waals surface area contributed by atoms with Crippen LogP contribution in [0, 0.1) is 24.7 Å². The Labute approximate surface area is 281 Å². The SMILES string of the molecule is COc1ccc(-n2ncc(C(=O)N3CC4CN(CCCN(C(=O)C5CCN(C(C)=O)CC5)c5ccc(C)c(Cl)c5)CC4C3)c2N)cc1. The number of amides is 3. The first-order chi connectivity index (χ1) is 22.6. The van der Waals surface area contributed by atoms with Crippen molar-refractivity contribution in [3.63, 3.8) is 0 Å². The maximum absolute atomic E-state index is 13.8. The Morgan fingerprint density at radius 3 is 2.30 bits per heavy atom. The summed E-state index contributed by atoms with van der Waals surface area (Å²) in [6.07, 6.45) is 3.73. The number of likely N-dealkylation sites (tertiary alicyclic amines) is 3. The summed E-state index contributed by atoms with van der Waals surface area (Å²) in [5, 5.41) is 5.04. The van der Waals surface area contributed by atoms with Crippen LogP contribution in [0.5, 0.6) is 5.75 Å². The van der Waals surface area contributed by atoms with Gasteiger partial charge in [-0.15, -0.1) is 0 Å². The molecule has 3 fully saturated rings. The van der Waals surface area contributed by atoms with Crippen LogP contribution in [-0.2, 0) is 9.59 Å². The molecule has 0 bridgehead atoms. The molecule has 250 valence electrons. The topological polar surface area (TPSA) is 117 Å². The molecule has 3 aromatic rings. The van der Waals surface area contributed by atoms with E-state index in [1.807, 2.05) is 64.1 Å². The summed E-state index contributed by atoms with van der Waals surface area (Å²) in [6, 6.07) is 13.2. The van der Waals surface area contributed by atoms with Crippen LogP contribution in [0.2, 0.25) is 5.02 Å². The number of hydrogen-bond donors (Lipinski definition) is 1. The third kappa shape index (κ3) is 6.96. The second kappa shape index (κ2) is 13.9. The Bertz CT molecular complexity index is 1600. The van der Waals surface area contributed by atoms with Crippen molar-refractivity contribution in [1.82, 2.24) is 24.5 Å². The van der Waals surface area contributed by atoms with E-state index < -0.39 is 0 Å². The van der Waals surface area contributed by atoms with Crippen molar-refractivity contribution in [2.75, 3.05) is 70.1 Å². The van der Waals surface area contributed by atoms with Crippen molar-refractivity contribution >= 4 is 40.8 Å². The first kappa shape index (κ1) is 32.8. The molecule has 1 aromatic heterocycles. The molecule has 47 heavy (non-hydrogen) atoms. The maximum atomic E-state index is 13.8. The van der Waals surface area contributed by atoms with Crippen molar-refractivity contribution in [2.45, 2.75) is 33.1 Å². The number of fused-ring (bicyclic) bond motifs is 1. The number of aromatic nitrogens is 2. The van der Waals surface area contributed by atoms with Gasteiger partial charge in [0.25, 0.3) is 5.91 Å². The summed E-state index contributed by atoms with van der Waals surface area (Å²) in [6.45, 7) is 9.46. The summed E-state index contributed by atoms with van der Waals surface area (Å²) < 4.78 is 6.82. The van der Waals surface area contributed by atoms with E-state index in [0.29, 0.717) is 73.8 Å². The molecular formula is C35H44ClN7O4. The van der Waals surface area contributed by atoms with Crippen molar-refractivity contribution in [2.24, 2.45) is 17.8 Å². The van der Waals surface area contributed by atoms with Crippen LogP contribution < -0.4 is 15.4 Å². The third-order valence-corrected chi connectivity index (χ3v) is 10.5. The number of benzene rings is 2. The van der Waals surface area contributed by atoms with Crippen LogP contribution in [0.4, 0.5) is 11.5 Å². The normalized spacial score (nSPS) is 20.0. The molecule has 0 radical (unpaired) electrons. The minimum absolute atomic E-state index is 0.0610. The molecule has 11 nitrogen and oxygen atoms in total. The number of piperidine rings is 1. The molecule has 3 amide bonds. The zero-order valence-electron chi connectivity index (χ0n) is 27.4. The van der Waals surface area contributed by atoms with E-state index in [2.05, 4.69) is 10.00 Å². The standard InChI is InChI=1S/C35H44ClN7O4/c1-23-5-6-29(17-32(23)36)42(34(45)25-11-15-40(16-12-25)24(2)44)14-4-13-39-19-26-21-41(22-27(26)20-39)35(46)31-18-38-43(33(31)37)28-7-9-30(47-3)10-8-28/h5-10,17-18,25-27H,4,11-16,19-22,37H2,1-3H3. The summed E-state index contributed by atoms with van der Waals surface area (Å²) in [7, 11) is 1.61. The number of nitrogens with zero attached hydrogens (tertiary/aromatic N) is 6. The van der Waals surface area contributed by atoms with E-state index in [1.54, 1.807) is 24.9 Å². The molecule has 3 saturated heterocycles. The molecule has 3 aliphatic heterocycles. The van der Waals surface area contributed by atoms with E-state index in [4.69, 9.17) is 22.1 Å². The van der Waals surface area contributed by atoms with Gasteiger partial charge >= 0.3 is 0 Å². The van der Waals surface area contributed by atoms with Crippen LogP contribution in [0.25, 0.3) is 5.69 Å². The predicted molar refractivity (Wildman–Crippen MR) is 182 cm³/mol. The van der Waals surface area contributed by atoms with E-state index in [9.17, 15) is 14.4 Å². The molecule has 6 rings (SSSR count). The number of rotatable bonds is 9. The Morgan fingerprint density at radius 2 is 1.68 bits per heavy atom. The van der Waals surface area contributed by atoms with Gasteiger partial charge in [0.15, 0.2) is 0 Å². The molecule has 2 aromatic carbocycles. The number of aryl methyl sites for hydroxylation is 1. The van der Waals surface area contributed by atoms with Crippen molar-refractivity contribution < 1.29 is 19.1 Å². The van der Waals surface area contributed by atoms with Gasteiger partial charge in [0.1, 0.15) is 17.1 Å². The number of methoxy groups -OCH3 is 1. The highest BCUT2D eigenvalue weighted by Crippen LogP contribution is 2.33. The van der Waals surface area contributed by atoms with E-state index in [1.165, 1.54) is 0 Å². The Morgan fingerprint density at radius 1 is 1.00 bits per heavy atom. The Kier molecular flexibility index (Phi) is 9.75. The van der Waals surface area contributed by atoms with E-state index in [0.717, 1.165) is 48.7 Å². The van der Waals surface area contributed by atoms with Gasteiger partial charge in [-0.1, -0.05) is 17.7 Å². The summed E-state index contributed by atoms with van der Waals surface area (Å²) in [4.78, 5) is 47.2. The molecule has 0 saturated carbocycles. The number of nitrogens with two attached hydrogens (primary N) is 1. The van der Waals surface area contributed by atoms with Gasteiger partial charge in [0.05, 0.1) is 19.0 Å². The van der Waals surface area contributed by atoms with Crippen molar-refractivity contribution in [3.8, 4) is 11.4 Å². The molecular weight excluding hydrogens is 618 g/mol. The number of hydrogen-bond acceptors (Lipinski definition) is 7. The van der Waals surface area contributed by atoms with Gasteiger partial charge in [0, 0.05) is 69.4 Å². The highest BCUT2D eigenvalue weighted by Gasteiger charge is 2.42. The van der Waals surface area contributed by atoms with Crippen LogP contribution in [0.15, 0.2) is 48.7 Å². The first-order valence-electron chi connectivity index (χ1n) is 16.5. The summed E-state index contributed by atoms with van der Waals surface area (Å²) in [5.74, 6) is 1.84. The zero-order chi connectivity index (χ0) is 33.2. The highest BCUT2D eigenvalue weighted by molar-refractivity contribution is 6.31. The monoisotopic (exact) mass is 661 g/mol. The lowest BCUT2D eigenvalue weighted by atomic mass is 9.94. The van der Waals surface area contributed by atoms with E-state index >= 15 is 0 Å². The molecule has 2 N–H and O–H groups in total. The lowest BCUT2D eigenvalue weighted by Crippen LogP contribution is -2.44. The molecule has 2 atom stereocenters. The number of anilines is 2. The van der Waals surface area contributed by atoms with Gasteiger partial charge in [-0.05, 0) is 86.5 Å². The van der Waals surface area contributed by atoms with Gasteiger partial charge in [-0.3, -0.25) is 14.4 Å². The minimum atomic E-state index is -0.113. The van der Waals surface area contributed by atoms with Gasteiger partial charge in [-0.25, -0.2) is 4.68 Å². The lowest BCUT2D eigenvalue weighted by Gasteiger charge is -2.34. The van der Waals surface area contributed by atoms with Crippen LogP contribution in [-0.4, -0.2) is 102 Å². The second-order valence-electron chi connectivity index (χ2n) is 13.1. The molecule has 4 heterocycles. The second-order valence-corrected chi connectivity index (χ2v) is 13.5. The maximum Gasteiger partial charge on any atom is 0.259 e. The lowest BCUT2D eigenvalue weighted by molar-refractivity contribution is -0.133. The first-order valence-corrected chi connectivity index (χ1v) is 16.8.